The van der Waals surface area contributed by atoms with Crippen molar-refractivity contribution in [1.82, 2.24) is 0 Å². The molecule has 0 heterocycles. The molecule has 2 aromatic rings. The van der Waals surface area contributed by atoms with Crippen molar-refractivity contribution in [3.8, 4) is 23.6 Å². The normalized spacial score (nSPS) is 9.35. The molecule has 0 saturated carbocycles. The van der Waals surface area contributed by atoms with Crippen molar-refractivity contribution in [2.24, 2.45) is 0 Å². The Balaban J connectivity index is 2.18. The first-order chi connectivity index (χ1) is 9.76. The van der Waals surface area contributed by atoms with Crippen LogP contribution in [0.25, 0.3) is 0 Å². The van der Waals surface area contributed by atoms with E-state index in [0.717, 1.165) is 5.56 Å². The standard InChI is InChI=1S/C16H12N2O2/c1-19-16-6-5-13(10-18)7-14(16)11-20-15-4-2-3-12(8-15)9-17/h2-8H,11H2,1H3. The Labute approximate surface area is 117 Å². The maximum absolute atomic E-state index is 8.91. The second kappa shape index (κ2) is 6.26. The molecule has 0 aromatic heterocycles. The lowest BCUT2D eigenvalue weighted by Gasteiger charge is -2.10. The van der Waals surface area contributed by atoms with Crippen molar-refractivity contribution in [2.45, 2.75) is 6.61 Å². The number of rotatable bonds is 4. The van der Waals surface area contributed by atoms with E-state index in [4.69, 9.17) is 20.0 Å². The van der Waals surface area contributed by atoms with E-state index in [2.05, 4.69) is 12.1 Å². The van der Waals surface area contributed by atoms with Gasteiger partial charge in [-0.2, -0.15) is 10.5 Å². The molecule has 0 saturated heterocycles. The fraction of sp³-hybridized carbons (Fsp3) is 0.125. The summed E-state index contributed by atoms with van der Waals surface area (Å²) in [5.74, 6) is 1.27. The molecular formula is C16H12N2O2. The van der Waals surface area contributed by atoms with Crippen LogP contribution < -0.4 is 9.47 Å². The predicted molar refractivity (Wildman–Crippen MR) is 73.2 cm³/mol. The Morgan fingerprint density at radius 3 is 2.45 bits per heavy atom. The molecule has 4 nitrogen and oxygen atoms in total. The first-order valence-electron chi connectivity index (χ1n) is 5.97. The number of nitriles is 2. The maximum atomic E-state index is 8.91. The van der Waals surface area contributed by atoms with Gasteiger partial charge < -0.3 is 9.47 Å². The van der Waals surface area contributed by atoms with Crippen LogP contribution in [0.2, 0.25) is 0 Å². The second-order valence-electron chi connectivity index (χ2n) is 4.07. The van der Waals surface area contributed by atoms with Crippen LogP contribution in [0.3, 0.4) is 0 Å². The van der Waals surface area contributed by atoms with Gasteiger partial charge in [-0.05, 0) is 36.4 Å². The number of hydrogen-bond donors (Lipinski definition) is 0. The Morgan fingerprint density at radius 1 is 1.00 bits per heavy atom. The first-order valence-corrected chi connectivity index (χ1v) is 5.97. The molecule has 0 spiro atoms. The van der Waals surface area contributed by atoms with E-state index < -0.39 is 0 Å². The topological polar surface area (TPSA) is 66.0 Å². The van der Waals surface area contributed by atoms with E-state index in [0.29, 0.717) is 22.6 Å². The summed E-state index contributed by atoms with van der Waals surface area (Å²) >= 11 is 0. The average Bonchev–Trinajstić information content (AvgIpc) is 2.52. The van der Waals surface area contributed by atoms with Crippen LogP contribution in [0.1, 0.15) is 16.7 Å². The molecule has 2 aromatic carbocycles. The minimum absolute atomic E-state index is 0.271. The van der Waals surface area contributed by atoms with Gasteiger partial charge in [-0.25, -0.2) is 0 Å². The molecule has 20 heavy (non-hydrogen) atoms. The lowest BCUT2D eigenvalue weighted by atomic mass is 10.1. The van der Waals surface area contributed by atoms with Gasteiger partial charge in [0, 0.05) is 5.56 Å². The van der Waals surface area contributed by atoms with Gasteiger partial charge >= 0.3 is 0 Å². The molecule has 0 atom stereocenters. The Morgan fingerprint density at radius 2 is 1.75 bits per heavy atom. The van der Waals surface area contributed by atoms with Gasteiger partial charge in [0.15, 0.2) is 0 Å². The SMILES string of the molecule is COc1ccc(C#N)cc1COc1cccc(C#N)c1. The Bertz CT molecular complexity index is 696. The smallest absolute Gasteiger partial charge is 0.125 e. The van der Waals surface area contributed by atoms with Crippen LogP contribution in [0, 0.1) is 22.7 Å². The summed E-state index contributed by atoms with van der Waals surface area (Å²) in [4.78, 5) is 0. The van der Waals surface area contributed by atoms with Gasteiger partial charge in [0.25, 0.3) is 0 Å². The summed E-state index contributed by atoms with van der Waals surface area (Å²) in [7, 11) is 1.57. The van der Waals surface area contributed by atoms with Crippen LogP contribution >= 0.6 is 0 Å². The van der Waals surface area contributed by atoms with Crippen molar-refractivity contribution >= 4 is 0 Å². The van der Waals surface area contributed by atoms with Gasteiger partial charge in [0.1, 0.15) is 18.1 Å². The van der Waals surface area contributed by atoms with E-state index in [1.165, 1.54) is 0 Å². The monoisotopic (exact) mass is 264 g/mol. The molecule has 0 aliphatic carbocycles. The summed E-state index contributed by atoms with van der Waals surface area (Å²) in [6.45, 7) is 0.271. The van der Waals surface area contributed by atoms with Crippen molar-refractivity contribution in [3.05, 3.63) is 59.2 Å². The summed E-state index contributed by atoms with van der Waals surface area (Å²) in [6.07, 6.45) is 0. The highest BCUT2D eigenvalue weighted by Crippen LogP contribution is 2.22. The van der Waals surface area contributed by atoms with Gasteiger partial charge in [0.2, 0.25) is 0 Å². The fourth-order valence-corrected chi connectivity index (χ4v) is 1.78. The molecule has 0 unspecified atom stereocenters. The third kappa shape index (κ3) is 3.07. The molecule has 0 aliphatic rings. The number of methoxy groups -OCH3 is 1. The Hall–Kier alpha value is -2.98. The highest BCUT2D eigenvalue weighted by atomic mass is 16.5. The second-order valence-corrected chi connectivity index (χ2v) is 4.07. The number of benzene rings is 2. The predicted octanol–water partition coefficient (Wildman–Crippen LogP) is 3.02. The molecule has 0 bridgehead atoms. The third-order valence-corrected chi connectivity index (χ3v) is 2.77. The molecule has 2 rings (SSSR count). The molecule has 4 heteroatoms. The molecule has 0 fully saturated rings. The highest BCUT2D eigenvalue weighted by molar-refractivity contribution is 5.42. The van der Waals surface area contributed by atoms with E-state index in [9.17, 15) is 0 Å². The molecule has 98 valence electrons. The molecule has 0 amide bonds. The van der Waals surface area contributed by atoms with Crippen LogP contribution in [0.4, 0.5) is 0 Å². The third-order valence-electron chi connectivity index (χ3n) is 2.77. The maximum Gasteiger partial charge on any atom is 0.125 e. The van der Waals surface area contributed by atoms with Gasteiger partial charge in [-0.15, -0.1) is 0 Å². The quantitative estimate of drug-likeness (QED) is 0.851. The number of nitrogens with zero attached hydrogens (tertiary/aromatic N) is 2. The van der Waals surface area contributed by atoms with Crippen molar-refractivity contribution in [3.63, 3.8) is 0 Å². The van der Waals surface area contributed by atoms with Crippen LogP contribution in [0.15, 0.2) is 42.5 Å². The van der Waals surface area contributed by atoms with Crippen LogP contribution in [-0.2, 0) is 6.61 Å². The summed E-state index contributed by atoms with van der Waals surface area (Å²) in [5, 5.41) is 17.7. The van der Waals surface area contributed by atoms with Gasteiger partial charge in [-0.3, -0.25) is 0 Å². The molecule has 0 radical (unpaired) electrons. The number of hydrogen-bond acceptors (Lipinski definition) is 4. The van der Waals surface area contributed by atoms with Crippen molar-refractivity contribution < 1.29 is 9.47 Å². The minimum Gasteiger partial charge on any atom is -0.496 e. The average molecular weight is 264 g/mol. The zero-order valence-corrected chi connectivity index (χ0v) is 11.0. The highest BCUT2D eigenvalue weighted by Gasteiger charge is 2.06. The Kier molecular flexibility index (Phi) is 4.21. The molecule has 0 N–H and O–H groups in total. The van der Waals surface area contributed by atoms with Crippen LogP contribution in [-0.4, -0.2) is 7.11 Å². The van der Waals surface area contributed by atoms with Crippen molar-refractivity contribution in [1.29, 1.82) is 10.5 Å². The van der Waals surface area contributed by atoms with Crippen LogP contribution in [0.5, 0.6) is 11.5 Å². The van der Waals surface area contributed by atoms with E-state index in [1.54, 1.807) is 49.6 Å². The first kappa shape index (κ1) is 13.5. The summed E-state index contributed by atoms with van der Waals surface area (Å²) < 4.78 is 10.9. The van der Waals surface area contributed by atoms with Gasteiger partial charge in [0.05, 0.1) is 30.4 Å². The van der Waals surface area contributed by atoms with E-state index in [-0.39, 0.29) is 6.61 Å². The summed E-state index contributed by atoms with van der Waals surface area (Å²) in [6, 6.07) is 16.2. The molecule has 0 aliphatic heterocycles. The van der Waals surface area contributed by atoms with E-state index in [1.807, 2.05) is 0 Å². The lowest BCUT2D eigenvalue weighted by Crippen LogP contribution is -1.99. The fourth-order valence-electron chi connectivity index (χ4n) is 1.78. The summed E-state index contributed by atoms with van der Waals surface area (Å²) in [5.41, 5.74) is 1.88. The zero-order chi connectivity index (χ0) is 14.4. The zero-order valence-electron chi connectivity index (χ0n) is 11.0. The molecular weight excluding hydrogens is 252 g/mol. The van der Waals surface area contributed by atoms with Crippen molar-refractivity contribution in [2.75, 3.05) is 7.11 Å². The van der Waals surface area contributed by atoms with Gasteiger partial charge in [-0.1, -0.05) is 6.07 Å². The largest absolute Gasteiger partial charge is 0.496 e. The lowest BCUT2D eigenvalue weighted by molar-refractivity contribution is 0.296. The number of ether oxygens (including phenoxy) is 2. The van der Waals surface area contributed by atoms with E-state index >= 15 is 0 Å². The minimum atomic E-state index is 0.271.